The van der Waals surface area contributed by atoms with Crippen LogP contribution in [0.15, 0.2) is 48.8 Å². The van der Waals surface area contributed by atoms with E-state index < -0.39 is 6.04 Å². The van der Waals surface area contributed by atoms with Gasteiger partial charge in [-0.05, 0) is 31.6 Å². The normalized spacial score (nSPS) is 14.0. The van der Waals surface area contributed by atoms with Crippen LogP contribution in [-0.2, 0) is 4.79 Å². The maximum absolute atomic E-state index is 12.8. The molecule has 0 aliphatic carbocycles. The van der Waals surface area contributed by atoms with Gasteiger partial charge in [-0.3, -0.25) is 9.48 Å². The van der Waals surface area contributed by atoms with E-state index in [4.69, 9.17) is 0 Å². The van der Waals surface area contributed by atoms with Gasteiger partial charge in [-0.2, -0.15) is 5.10 Å². The van der Waals surface area contributed by atoms with Crippen LogP contribution in [0.5, 0.6) is 0 Å². The minimum absolute atomic E-state index is 0.0348. The first-order valence-electron chi connectivity index (χ1n) is 7.99. The number of benzene rings is 1. The highest BCUT2D eigenvalue weighted by molar-refractivity contribution is 5.83. The zero-order chi connectivity index (χ0) is 16.8. The van der Waals surface area contributed by atoms with Crippen LogP contribution < -0.4 is 5.32 Å². The predicted octanol–water partition coefficient (Wildman–Crippen LogP) is 2.17. The van der Waals surface area contributed by atoms with Gasteiger partial charge in [0.2, 0.25) is 5.91 Å². The first kappa shape index (κ1) is 17.2. The number of carbonyl (C=O) groups excluding carboxylic acids is 1. The topological polar surface area (TPSA) is 50.2 Å². The van der Waals surface area contributed by atoms with Crippen LogP contribution in [0, 0.1) is 5.92 Å². The van der Waals surface area contributed by atoms with Crippen LogP contribution in [-0.4, -0.2) is 47.3 Å². The maximum Gasteiger partial charge on any atom is 0.249 e. The van der Waals surface area contributed by atoms with Crippen molar-refractivity contribution in [3.63, 3.8) is 0 Å². The summed E-state index contributed by atoms with van der Waals surface area (Å²) >= 11 is 0. The summed E-state index contributed by atoms with van der Waals surface area (Å²) in [7, 11) is 4.08. The minimum atomic E-state index is -0.443. The molecule has 0 aliphatic heterocycles. The van der Waals surface area contributed by atoms with Crippen molar-refractivity contribution in [3.8, 4) is 0 Å². The number of nitrogens with one attached hydrogen (secondary N) is 1. The van der Waals surface area contributed by atoms with Crippen molar-refractivity contribution in [2.75, 3.05) is 20.6 Å². The molecule has 5 heteroatoms. The first-order chi connectivity index (χ1) is 11.0. The summed E-state index contributed by atoms with van der Waals surface area (Å²) in [6.45, 7) is 4.95. The Bertz CT molecular complexity index is 585. The lowest BCUT2D eigenvalue weighted by molar-refractivity contribution is -0.123. The average molecular weight is 314 g/mol. The third-order valence-corrected chi connectivity index (χ3v) is 4.07. The lowest BCUT2D eigenvalue weighted by Crippen LogP contribution is -2.45. The van der Waals surface area contributed by atoms with E-state index in [9.17, 15) is 4.79 Å². The van der Waals surface area contributed by atoms with Gasteiger partial charge in [0, 0.05) is 25.0 Å². The first-order valence-corrected chi connectivity index (χ1v) is 7.99. The molecule has 1 aromatic heterocycles. The van der Waals surface area contributed by atoms with E-state index in [1.54, 1.807) is 10.9 Å². The molecule has 1 heterocycles. The lowest BCUT2D eigenvalue weighted by atomic mass is 10.0. The Morgan fingerprint density at radius 1 is 1.22 bits per heavy atom. The third-order valence-electron chi connectivity index (χ3n) is 4.07. The van der Waals surface area contributed by atoms with Crippen molar-refractivity contribution in [3.05, 3.63) is 54.4 Å². The molecule has 2 rings (SSSR count). The highest BCUT2D eigenvalue weighted by Crippen LogP contribution is 2.17. The molecular weight excluding hydrogens is 288 g/mol. The van der Waals surface area contributed by atoms with Crippen molar-refractivity contribution in [1.82, 2.24) is 20.0 Å². The SMILES string of the molecule is CC(C)C(CNC(=O)C(c1ccccc1)n1cccn1)N(C)C. The molecule has 2 aromatic rings. The number of hydrogen-bond acceptors (Lipinski definition) is 3. The van der Waals surface area contributed by atoms with Crippen LogP contribution in [0.2, 0.25) is 0 Å². The summed E-state index contributed by atoms with van der Waals surface area (Å²) in [5, 5.41) is 7.35. The Morgan fingerprint density at radius 3 is 2.43 bits per heavy atom. The fourth-order valence-electron chi connectivity index (χ4n) is 2.81. The Hall–Kier alpha value is -2.14. The number of hydrogen-bond donors (Lipinski definition) is 1. The van der Waals surface area contributed by atoms with Crippen LogP contribution >= 0.6 is 0 Å². The molecule has 0 saturated carbocycles. The summed E-state index contributed by atoms with van der Waals surface area (Å²) in [5.74, 6) is 0.428. The number of likely N-dealkylation sites (N-methyl/N-ethyl adjacent to an activating group) is 1. The summed E-state index contributed by atoms with van der Waals surface area (Å²) < 4.78 is 1.70. The Balaban J connectivity index is 2.15. The number of nitrogens with zero attached hydrogens (tertiary/aromatic N) is 3. The van der Waals surface area contributed by atoms with Gasteiger partial charge in [-0.15, -0.1) is 0 Å². The Morgan fingerprint density at radius 2 is 1.91 bits per heavy atom. The molecule has 0 radical (unpaired) electrons. The second kappa shape index (κ2) is 7.92. The van der Waals surface area contributed by atoms with Gasteiger partial charge < -0.3 is 10.2 Å². The van der Waals surface area contributed by atoms with E-state index in [2.05, 4.69) is 29.2 Å². The van der Waals surface area contributed by atoms with Gasteiger partial charge in [-0.25, -0.2) is 0 Å². The largest absolute Gasteiger partial charge is 0.352 e. The second-order valence-corrected chi connectivity index (χ2v) is 6.32. The molecule has 0 spiro atoms. The van der Waals surface area contributed by atoms with E-state index in [0.717, 1.165) is 5.56 Å². The van der Waals surface area contributed by atoms with E-state index in [1.165, 1.54) is 0 Å². The summed E-state index contributed by atoms with van der Waals surface area (Å²) in [5.41, 5.74) is 0.930. The predicted molar refractivity (Wildman–Crippen MR) is 92.1 cm³/mol. The molecule has 5 nitrogen and oxygen atoms in total. The van der Waals surface area contributed by atoms with Crippen molar-refractivity contribution < 1.29 is 4.79 Å². The van der Waals surface area contributed by atoms with E-state index in [1.807, 2.05) is 56.7 Å². The molecule has 2 unspecified atom stereocenters. The zero-order valence-corrected chi connectivity index (χ0v) is 14.3. The molecule has 0 aliphatic rings. The molecule has 23 heavy (non-hydrogen) atoms. The third kappa shape index (κ3) is 4.42. The number of aromatic nitrogens is 2. The van der Waals surface area contributed by atoms with Gasteiger partial charge in [0.15, 0.2) is 6.04 Å². The van der Waals surface area contributed by atoms with Gasteiger partial charge in [-0.1, -0.05) is 44.2 Å². The van der Waals surface area contributed by atoms with E-state index in [-0.39, 0.29) is 5.91 Å². The molecule has 1 amide bonds. The molecule has 1 aromatic carbocycles. The molecule has 0 saturated heterocycles. The number of rotatable bonds is 7. The molecular formula is C18H26N4O. The quantitative estimate of drug-likeness (QED) is 0.852. The van der Waals surface area contributed by atoms with Gasteiger partial charge >= 0.3 is 0 Å². The fourth-order valence-corrected chi connectivity index (χ4v) is 2.81. The van der Waals surface area contributed by atoms with Crippen molar-refractivity contribution >= 4 is 5.91 Å². The Kier molecular flexibility index (Phi) is 5.93. The standard InChI is InChI=1S/C18H26N4O/c1-14(2)16(21(3)4)13-19-18(23)17(22-12-8-11-20-22)15-9-6-5-7-10-15/h5-12,14,16-17H,13H2,1-4H3,(H,19,23). The van der Waals surface area contributed by atoms with Gasteiger partial charge in [0.25, 0.3) is 0 Å². The lowest BCUT2D eigenvalue weighted by Gasteiger charge is -2.29. The van der Waals surface area contributed by atoms with Crippen molar-refractivity contribution in [2.45, 2.75) is 25.9 Å². The average Bonchev–Trinajstić information content (AvgIpc) is 3.02. The molecule has 2 atom stereocenters. The molecule has 1 N–H and O–H groups in total. The number of amides is 1. The summed E-state index contributed by atoms with van der Waals surface area (Å²) in [4.78, 5) is 15.0. The highest BCUT2D eigenvalue weighted by atomic mass is 16.2. The smallest absolute Gasteiger partial charge is 0.249 e. The van der Waals surface area contributed by atoms with Crippen LogP contribution in [0.4, 0.5) is 0 Å². The fraction of sp³-hybridized carbons (Fsp3) is 0.444. The van der Waals surface area contributed by atoms with E-state index in [0.29, 0.717) is 18.5 Å². The monoisotopic (exact) mass is 314 g/mol. The second-order valence-electron chi connectivity index (χ2n) is 6.32. The molecule has 124 valence electrons. The molecule has 0 fully saturated rings. The van der Waals surface area contributed by atoms with Crippen LogP contribution in [0.3, 0.4) is 0 Å². The maximum atomic E-state index is 12.8. The van der Waals surface area contributed by atoms with E-state index >= 15 is 0 Å². The molecule has 0 bridgehead atoms. The van der Waals surface area contributed by atoms with Gasteiger partial charge in [0.1, 0.15) is 0 Å². The Labute approximate surface area is 138 Å². The summed E-state index contributed by atoms with van der Waals surface area (Å²) in [6, 6.07) is 11.4. The van der Waals surface area contributed by atoms with Crippen molar-refractivity contribution in [2.24, 2.45) is 5.92 Å². The minimum Gasteiger partial charge on any atom is -0.352 e. The van der Waals surface area contributed by atoms with Crippen LogP contribution in [0.25, 0.3) is 0 Å². The van der Waals surface area contributed by atoms with Crippen LogP contribution in [0.1, 0.15) is 25.5 Å². The van der Waals surface area contributed by atoms with Gasteiger partial charge in [0.05, 0.1) is 0 Å². The van der Waals surface area contributed by atoms with Crippen molar-refractivity contribution in [1.29, 1.82) is 0 Å². The number of carbonyl (C=O) groups is 1. The summed E-state index contributed by atoms with van der Waals surface area (Å²) in [6.07, 6.45) is 3.52. The highest BCUT2D eigenvalue weighted by Gasteiger charge is 2.24. The zero-order valence-electron chi connectivity index (χ0n) is 14.3.